The molecule has 19 heavy (non-hydrogen) atoms. The van der Waals surface area contributed by atoms with Crippen LogP contribution in [-0.2, 0) is 0 Å². The van der Waals surface area contributed by atoms with Gasteiger partial charge in [0.1, 0.15) is 11.6 Å². The quantitative estimate of drug-likeness (QED) is 0.904. The minimum absolute atomic E-state index is 0.305. The molecule has 1 N–H and O–H groups in total. The second-order valence-electron chi connectivity index (χ2n) is 5.61. The second kappa shape index (κ2) is 5.08. The molecule has 0 spiro atoms. The van der Waals surface area contributed by atoms with Crippen molar-refractivity contribution in [3.63, 3.8) is 0 Å². The van der Waals surface area contributed by atoms with Gasteiger partial charge in [-0.15, -0.1) is 0 Å². The highest BCUT2D eigenvalue weighted by Crippen LogP contribution is 2.40. The van der Waals surface area contributed by atoms with Crippen molar-refractivity contribution in [3.05, 3.63) is 29.8 Å². The molecule has 1 aromatic rings. The molecule has 3 rings (SSSR count). The Balaban J connectivity index is 1.85. The Kier molecular flexibility index (Phi) is 3.44. The number of benzene rings is 1. The van der Waals surface area contributed by atoms with E-state index in [0.29, 0.717) is 23.8 Å². The van der Waals surface area contributed by atoms with Crippen molar-refractivity contribution in [3.8, 4) is 0 Å². The fourth-order valence-electron chi connectivity index (χ4n) is 3.71. The molecular weight excluding hydrogens is 246 g/mol. The summed E-state index contributed by atoms with van der Waals surface area (Å²) in [4.78, 5) is 2.12. The summed E-state index contributed by atoms with van der Waals surface area (Å²) in [7, 11) is 0. The molecule has 2 aliphatic rings. The SMILES string of the molecule is CCNC1CC2CCC(C1)N2c1cc(F)ccc1F. The van der Waals surface area contributed by atoms with Crippen LogP contribution in [0.25, 0.3) is 0 Å². The van der Waals surface area contributed by atoms with Crippen LogP contribution in [-0.4, -0.2) is 24.7 Å². The summed E-state index contributed by atoms with van der Waals surface area (Å²) in [6, 6.07) is 4.98. The monoisotopic (exact) mass is 266 g/mol. The third kappa shape index (κ3) is 2.34. The summed E-state index contributed by atoms with van der Waals surface area (Å²) in [5, 5.41) is 3.49. The summed E-state index contributed by atoms with van der Waals surface area (Å²) in [6.07, 6.45) is 4.23. The lowest BCUT2D eigenvalue weighted by molar-refractivity contribution is 0.358. The molecule has 2 bridgehead atoms. The number of rotatable bonds is 3. The van der Waals surface area contributed by atoms with Gasteiger partial charge in [-0.2, -0.15) is 0 Å². The van der Waals surface area contributed by atoms with Crippen LogP contribution >= 0.6 is 0 Å². The normalized spacial score (nSPS) is 29.8. The number of piperidine rings is 1. The zero-order chi connectivity index (χ0) is 13.4. The molecule has 2 unspecified atom stereocenters. The van der Waals surface area contributed by atoms with E-state index in [0.717, 1.165) is 32.2 Å². The highest BCUT2D eigenvalue weighted by molar-refractivity contribution is 5.52. The van der Waals surface area contributed by atoms with Gasteiger partial charge in [0, 0.05) is 24.2 Å². The molecule has 2 heterocycles. The Morgan fingerprint density at radius 1 is 1.21 bits per heavy atom. The van der Waals surface area contributed by atoms with Crippen molar-refractivity contribution in [1.29, 1.82) is 0 Å². The lowest BCUT2D eigenvalue weighted by atomic mass is 9.96. The first kappa shape index (κ1) is 12.9. The van der Waals surface area contributed by atoms with E-state index in [1.54, 1.807) is 0 Å². The Hall–Kier alpha value is -1.16. The van der Waals surface area contributed by atoms with Gasteiger partial charge in [0.2, 0.25) is 0 Å². The number of hydrogen-bond donors (Lipinski definition) is 1. The molecule has 2 saturated heterocycles. The van der Waals surface area contributed by atoms with Crippen LogP contribution in [0.15, 0.2) is 18.2 Å². The average Bonchev–Trinajstić information content (AvgIpc) is 2.64. The lowest BCUT2D eigenvalue weighted by Gasteiger charge is -2.41. The molecular formula is C15H20F2N2. The third-order valence-electron chi connectivity index (χ3n) is 4.41. The van der Waals surface area contributed by atoms with Crippen molar-refractivity contribution in [2.75, 3.05) is 11.4 Å². The summed E-state index contributed by atoms with van der Waals surface area (Å²) in [6.45, 7) is 3.08. The van der Waals surface area contributed by atoms with Gasteiger partial charge >= 0.3 is 0 Å². The van der Waals surface area contributed by atoms with Crippen molar-refractivity contribution < 1.29 is 8.78 Å². The molecule has 1 aromatic carbocycles. The molecule has 2 atom stereocenters. The summed E-state index contributed by atoms with van der Waals surface area (Å²) >= 11 is 0. The van der Waals surface area contributed by atoms with Crippen molar-refractivity contribution in [1.82, 2.24) is 5.32 Å². The molecule has 104 valence electrons. The van der Waals surface area contributed by atoms with E-state index in [9.17, 15) is 8.78 Å². The maximum Gasteiger partial charge on any atom is 0.146 e. The Morgan fingerprint density at radius 3 is 2.53 bits per heavy atom. The Bertz CT molecular complexity index is 449. The number of nitrogens with zero attached hydrogens (tertiary/aromatic N) is 1. The fraction of sp³-hybridized carbons (Fsp3) is 0.600. The van der Waals surface area contributed by atoms with Gasteiger partial charge in [-0.25, -0.2) is 8.78 Å². The smallest absolute Gasteiger partial charge is 0.146 e. The minimum atomic E-state index is -0.357. The second-order valence-corrected chi connectivity index (χ2v) is 5.61. The van der Waals surface area contributed by atoms with Crippen LogP contribution in [0.3, 0.4) is 0 Å². The van der Waals surface area contributed by atoms with Gasteiger partial charge in [0.05, 0.1) is 5.69 Å². The number of anilines is 1. The topological polar surface area (TPSA) is 15.3 Å². The largest absolute Gasteiger partial charge is 0.363 e. The first-order chi connectivity index (χ1) is 9.19. The van der Waals surface area contributed by atoms with Crippen LogP contribution in [0.5, 0.6) is 0 Å². The van der Waals surface area contributed by atoms with Crippen molar-refractivity contribution in [2.24, 2.45) is 0 Å². The van der Waals surface area contributed by atoms with Gasteiger partial charge in [-0.1, -0.05) is 6.92 Å². The predicted octanol–water partition coefficient (Wildman–Crippen LogP) is 3.07. The first-order valence-corrected chi connectivity index (χ1v) is 7.15. The highest BCUT2D eigenvalue weighted by Gasteiger charge is 2.41. The molecule has 2 fully saturated rings. The van der Waals surface area contributed by atoms with Crippen molar-refractivity contribution in [2.45, 2.75) is 50.7 Å². The summed E-state index contributed by atoms with van der Waals surface area (Å²) < 4.78 is 27.3. The van der Waals surface area contributed by atoms with Crippen LogP contribution in [0.4, 0.5) is 14.5 Å². The zero-order valence-corrected chi connectivity index (χ0v) is 11.2. The zero-order valence-electron chi connectivity index (χ0n) is 11.2. The minimum Gasteiger partial charge on any atom is -0.363 e. The molecule has 0 aliphatic carbocycles. The predicted molar refractivity (Wildman–Crippen MR) is 72.3 cm³/mol. The third-order valence-corrected chi connectivity index (χ3v) is 4.41. The van der Waals surface area contributed by atoms with E-state index in [2.05, 4.69) is 17.1 Å². The molecule has 0 radical (unpaired) electrons. The van der Waals surface area contributed by atoms with Gasteiger partial charge in [-0.05, 0) is 44.4 Å². The number of hydrogen-bond acceptors (Lipinski definition) is 2. The maximum atomic E-state index is 13.9. The number of nitrogens with one attached hydrogen (secondary N) is 1. The van der Waals surface area contributed by atoms with E-state index >= 15 is 0 Å². The number of fused-ring (bicyclic) bond motifs is 2. The summed E-state index contributed by atoms with van der Waals surface area (Å²) in [5.74, 6) is -0.662. The Labute approximate surface area is 112 Å². The molecule has 2 nitrogen and oxygen atoms in total. The van der Waals surface area contributed by atoms with Gasteiger partial charge in [0.15, 0.2) is 0 Å². The molecule has 0 saturated carbocycles. The maximum absolute atomic E-state index is 13.9. The fourth-order valence-corrected chi connectivity index (χ4v) is 3.71. The lowest BCUT2D eigenvalue weighted by Crippen LogP contribution is -2.49. The van der Waals surface area contributed by atoms with Gasteiger partial charge in [0.25, 0.3) is 0 Å². The molecule has 4 heteroatoms. The molecule has 2 aliphatic heterocycles. The van der Waals surface area contributed by atoms with E-state index < -0.39 is 0 Å². The van der Waals surface area contributed by atoms with Gasteiger partial charge < -0.3 is 10.2 Å². The first-order valence-electron chi connectivity index (χ1n) is 7.15. The molecule has 0 aromatic heterocycles. The standard InChI is InChI=1S/C15H20F2N2/c1-2-18-11-8-12-4-5-13(9-11)19(12)15-7-10(16)3-6-14(15)17/h3,6-7,11-13,18H,2,4-5,8-9H2,1H3. The Morgan fingerprint density at radius 2 is 1.89 bits per heavy atom. The average molecular weight is 266 g/mol. The van der Waals surface area contributed by atoms with Crippen molar-refractivity contribution >= 4 is 5.69 Å². The van der Waals surface area contributed by atoms with E-state index in [1.165, 1.54) is 18.2 Å². The van der Waals surface area contributed by atoms with E-state index in [-0.39, 0.29) is 11.6 Å². The van der Waals surface area contributed by atoms with Gasteiger partial charge in [-0.3, -0.25) is 0 Å². The van der Waals surface area contributed by atoms with E-state index in [4.69, 9.17) is 0 Å². The van der Waals surface area contributed by atoms with Crippen LogP contribution in [0, 0.1) is 11.6 Å². The highest BCUT2D eigenvalue weighted by atomic mass is 19.1. The number of halogens is 2. The van der Waals surface area contributed by atoms with E-state index in [1.807, 2.05) is 0 Å². The summed E-state index contributed by atoms with van der Waals surface area (Å²) in [5.41, 5.74) is 0.447. The van der Waals surface area contributed by atoms with Crippen LogP contribution in [0.2, 0.25) is 0 Å². The van der Waals surface area contributed by atoms with Crippen LogP contribution in [0.1, 0.15) is 32.6 Å². The van der Waals surface area contributed by atoms with Crippen LogP contribution < -0.4 is 10.2 Å². The molecule has 0 amide bonds.